The van der Waals surface area contributed by atoms with Crippen LogP contribution in [0.15, 0.2) is 58.3 Å². The molecule has 4 rings (SSSR count). The van der Waals surface area contributed by atoms with E-state index in [1.54, 1.807) is 48.5 Å². The molecule has 2 atom stereocenters. The van der Waals surface area contributed by atoms with Crippen molar-refractivity contribution in [3.05, 3.63) is 59.7 Å². The average molecular weight is 653 g/mol. The first kappa shape index (κ1) is 34.9. The van der Waals surface area contributed by atoms with Crippen LogP contribution in [0.25, 0.3) is 0 Å². The van der Waals surface area contributed by atoms with Gasteiger partial charge in [-0.1, -0.05) is 35.4 Å². The van der Waals surface area contributed by atoms with Crippen molar-refractivity contribution in [3.63, 3.8) is 0 Å². The molecule has 2 heterocycles. The second kappa shape index (κ2) is 17.1. The summed E-state index contributed by atoms with van der Waals surface area (Å²) in [7, 11) is -7.62. The molecule has 2 aliphatic rings. The molecule has 0 aromatic heterocycles. The zero-order valence-corrected chi connectivity index (χ0v) is 27.7. The lowest BCUT2D eigenvalue weighted by atomic mass is 10.2. The molecule has 44 heavy (non-hydrogen) atoms. The van der Waals surface area contributed by atoms with Crippen molar-refractivity contribution in [2.24, 2.45) is 0 Å². The fourth-order valence-corrected chi connectivity index (χ4v) is 8.16. The normalized spacial score (nSPS) is 23.9. The van der Waals surface area contributed by atoms with Crippen molar-refractivity contribution in [1.29, 1.82) is 0 Å². The number of rotatable bonds is 4. The van der Waals surface area contributed by atoms with Crippen LogP contribution >= 0.6 is 0 Å². The van der Waals surface area contributed by atoms with E-state index in [1.165, 1.54) is 8.61 Å². The van der Waals surface area contributed by atoms with Crippen LogP contribution < -0.4 is 0 Å². The molecule has 2 aromatic rings. The number of fused-ring (bicyclic) bond motifs is 6. The smallest absolute Gasteiger partial charge is 0.243 e. The summed E-state index contributed by atoms with van der Waals surface area (Å²) in [6.07, 6.45) is 0.353. The molecule has 0 aliphatic carbocycles. The topological polar surface area (TPSA) is 109 Å². The van der Waals surface area contributed by atoms with Gasteiger partial charge in [-0.2, -0.15) is 8.61 Å². The lowest BCUT2D eigenvalue weighted by molar-refractivity contribution is 0.0319. The van der Waals surface area contributed by atoms with Gasteiger partial charge in [-0.25, -0.2) is 16.8 Å². The van der Waals surface area contributed by atoms with Crippen LogP contribution in [0.3, 0.4) is 0 Å². The number of benzene rings is 2. The molecule has 2 unspecified atom stereocenters. The highest BCUT2D eigenvalue weighted by Crippen LogP contribution is 2.20. The largest absolute Gasteiger partial charge is 0.379 e. The Morgan fingerprint density at radius 3 is 1.16 bits per heavy atom. The summed E-state index contributed by atoms with van der Waals surface area (Å²) >= 11 is 0. The minimum atomic E-state index is -3.81. The molecular weight excluding hydrogens is 604 g/mol. The molecular formula is C31H48N4O7S2. The van der Waals surface area contributed by atoms with Crippen molar-refractivity contribution < 1.29 is 31.0 Å². The number of aryl methyl sites for hydroxylation is 2. The van der Waals surface area contributed by atoms with Crippen molar-refractivity contribution in [1.82, 2.24) is 18.4 Å². The number of sulfonamides is 2. The van der Waals surface area contributed by atoms with E-state index < -0.39 is 20.0 Å². The van der Waals surface area contributed by atoms with E-state index >= 15 is 0 Å². The zero-order valence-electron chi connectivity index (χ0n) is 26.1. The first-order valence-corrected chi connectivity index (χ1v) is 18.4. The van der Waals surface area contributed by atoms with Crippen LogP contribution in [0.4, 0.5) is 0 Å². The first-order chi connectivity index (χ1) is 21.2. The Kier molecular flexibility index (Phi) is 13.6. The van der Waals surface area contributed by atoms with Crippen LogP contribution in [-0.4, -0.2) is 140 Å². The summed E-state index contributed by atoms with van der Waals surface area (Å²) in [6, 6.07) is 13.7. The molecule has 2 fully saturated rings. The molecule has 0 amide bonds. The molecule has 2 saturated heterocycles. The zero-order chi connectivity index (χ0) is 31.4. The van der Waals surface area contributed by atoms with Gasteiger partial charge in [-0.05, 0) is 44.5 Å². The van der Waals surface area contributed by atoms with Gasteiger partial charge in [-0.3, -0.25) is 9.80 Å². The summed E-state index contributed by atoms with van der Waals surface area (Å²) in [5.41, 5.74) is 1.95. The van der Waals surface area contributed by atoms with Crippen molar-refractivity contribution >= 4 is 20.0 Å². The number of nitrogens with zero attached hydrogens (tertiary/aromatic N) is 4. The summed E-state index contributed by atoms with van der Waals surface area (Å²) in [5.74, 6) is 0. The van der Waals surface area contributed by atoms with Gasteiger partial charge in [0.05, 0.1) is 49.4 Å². The quantitative estimate of drug-likeness (QED) is 0.459. The molecule has 13 heteroatoms. The number of ether oxygens (including phenoxy) is 3. The molecule has 246 valence electrons. The molecule has 0 N–H and O–H groups in total. The Balaban J connectivity index is 1.63. The highest BCUT2D eigenvalue weighted by molar-refractivity contribution is 7.89. The van der Waals surface area contributed by atoms with Crippen molar-refractivity contribution in [2.45, 2.75) is 30.1 Å². The molecule has 0 saturated carbocycles. The van der Waals surface area contributed by atoms with Crippen LogP contribution in [0.2, 0.25) is 0 Å². The SMILES string of the molecule is Cc1ccc(S(=O)(=O)N2CCCN(S(=O)(=O)c3ccc(C)cc3)CCN3CCOCCOCCN(CCOCC3)CC2)cc1. The molecule has 2 aromatic carbocycles. The lowest BCUT2D eigenvalue weighted by Crippen LogP contribution is -2.44. The standard InChI is InChI=1S/C31H48N4O7S2/c1-28-4-8-30(9-5-28)43(36,37)34-12-3-13-35(44(38,39)31-10-6-29(2)7-11-31)17-15-33-19-23-40-22-18-32(14-16-34)20-24-41-26-27-42-25-21-33/h4-11H,3,12-27H2,1-2H3. The van der Waals surface area contributed by atoms with Crippen LogP contribution in [0.1, 0.15) is 17.5 Å². The highest BCUT2D eigenvalue weighted by atomic mass is 32.2. The van der Waals surface area contributed by atoms with E-state index in [2.05, 4.69) is 9.80 Å². The van der Waals surface area contributed by atoms with Crippen LogP contribution in [-0.2, 0) is 34.3 Å². The van der Waals surface area contributed by atoms with E-state index in [9.17, 15) is 16.8 Å². The van der Waals surface area contributed by atoms with E-state index in [4.69, 9.17) is 14.2 Å². The van der Waals surface area contributed by atoms with Gasteiger partial charge in [0.2, 0.25) is 20.0 Å². The molecule has 2 aliphatic heterocycles. The van der Waals surface area contributed by atoms with E-state index in [0.29, 0.717) is 85.3 Å². The van der Waals surface area contributed by atoms with Gasteiger partial charge >= 0.3 is 0 Å². The third-order valence-corrected chi connectivity index (χ3v) is 11.9. The first-order valence-electron chi connectivity index (χ1n) is 15.5. The maximum absolute atomic E-state index is 13.9. The predicted octanol–water partition coefficient (Wildman–Crippen LogP) is 2.06. The van der Waals surface area contributed by atoms with Crippen LogP contribution in [0.5, 0.6) is 0 Å². The Morgan fingerprint density at radius 1 is 0.455 bits per heavy atom. The predicted molar refractivity (Wildman–Crippen MR) is 170 cm³/mol. The van der Waals surface area contributed by atoms with E-state index in [1.807, 2.05) is 13.8 Å². The summed E-state index contributed by atoms with van der Waals surface area (Å²) < 4.78 is 76.1. The van der Waals surface area contributed by atoms with Gasteiger partial charge in [0.15, 0.2) is 0 Å². The third-order valence-electron chi connectivity index (χ3n) is 8.04. The Bertz CT molecular complexity index is 1250. The third kappa shape index (κ3) is 10.3. The summed E-state index contributed by atoms with van der Waals surface area (Å²) in [6.45, 7) is 11.3. The Morgan fingerprint density at radius 2 is 0.795 bits per heavy atom. The fraction of sp³-hybridized carbons (Fsp3) is 0.613. The van der Waals surface area contributed by atoms with Gasteiger partial charge in [0.1, 0.15) is 0 Å². The van der Waals surface area contributed by atoms with Gasteiger partial charge in [0, 0.05) is 65.4 Å². The molecule has 2 bridgehead atoms. The van der Waals surface area contributed by atoms with Crippen molar-refractivity contribution in [2.75, 3.05) is 105 Å². The summed E-state index contributed by atoms with van der Waals surface area (Å²) in [4.78, 5) is 4.79. The molecule has 0 radical (unpaired) electrons. The minimum absolute atomic E-state index is 0.189. The average Bonchev–Trinajstić information content (AvgIpc) is 3.00. The lowest BCUT2D eigenvalue weighted by Gasteiger charge is -2.30. The monoisotopic (exact) mass is 652 g/mol. The van der Waals surface area contributed by atoms with Gasteiger partial charge in [-0.15, -0.1) is 0 Å². The second-order valence-electron chi connectivity index (χ2n) is 11.3. The molecule has 0 spiro atoms. The number of hydrogen-bond donors (Lipinski definition) is 0. The van der Waals surface area contributed by atoms with Gasteiger partial charge < -0.3 is 14.2 Å². The van der Waals surface area contributed by atoms with E-state index in [-0.39, 0.29) is 36.0 Å². The minimum Gasteiger partial charge on any atom is -0.379 e. The maximum atomic E-state index is 13.9. The molecule has 11 nitrogen and oxygen atoms in total. The maximum Gasteiger partial charge on any atom is 0.243 e. The second-order valence-corrected chi connectivity index (χ2v) is 15.2. The Labute approximate surface area is 263 Å². The Hall–Kier alpha value is -1.94. The van der Waals surface area contributed by atoms with Crippen molar-refractivity contribution in [3.8, 4) is 0 Å². The highest BCUT2D eigenvalue weighted by Gasteiger charge is 2.28. The summed E-state index contributed by atoms with van der Waals surface area (Å²) in [5, 5.41) is 0. The fourth-order valence-electron chi connectivity index (χ4n) is 5.22. The van der Waals surface area contributed by atoms with Gasteiger partial charge in [0.25, 0.3) is 0 Å². The van der Waals surface area contributed by atoms with Crippen LogP contribution in [0, 0.1) is 13.8 Å². The van der Waals surface area contributed by atoms with E-state index in [0.717, 1.165) is 11.1 Å². The number of hydrogen-bond acceptors (Lipinski definition) is 9.